The van der Waals surface area contributed by atoms with Crippen LogP contribution in [0, 0.1) is 13.8 Å². The van der Waals surface area contributed by atoms with Crippen LogP contribution in [0.2, 0.25) is 0 Å². The van der Waals surface area contributed by atoms with E-state index < -0.39 is 6.04 Å². The Kier molecular flexibility index (Phi) is 7.05. The first kappa shape index (κ1) is 22.3. The lowest BCUT2D eigenvalue weighted by Gasteiger charge is -2.34. The Balaban J connectivity index is 1.47. The SMILES string of the molecule is Cc1nn(-c2ccccc2)c(C)c1[C@@H]1C(=O)NCCN1CC(=O)NCCC1=CCCCC1. The van der Waals surface area contributed by atoms with Gasteiger partial charge in [-0.15, -0.1) is 0 Å². The lowest BCUT2D eigenvalue weighted by Crippen LogP contribution is -2.53. The molecule has 1 aromatic carbocycles. The van der Waals surface area contributed by atoms with E-state index in [1.165, 1.54) is 18.4 Å². The number of carbonyl (C=O) groups is 2. The van der Waals surface area contributed by atoms with Gasteiger partial charge in [0.15, 0.2) is 0 Å². The van der Waals surface area contributed by atoms with E-state index in [-0.39, 0.29) is 18.4 Å². The van der Waals surface area contributed by atoms with Gasteiger partial charge in [0.2, 0.25) is 11.8 Å². The van der Waals surface area contributed by atoms with Crippen molar-refractivity contribution in [3.8, 4) is 5.69 Å². The summed E-state index contributed by atoms with van der Waals surface area (Å²) >= 11 is 0. The van der Waals surface area contributed by atoms with Crippen LogP contribution in [0.5, 0.6) is 0 Å². The van der Waals surface area contributed by atoms with Crippen molar-refractivity contribution in [1.29, 1.82) is 0 Å². The zero-order valence-electron chi connectivity index (χ0n) is 19.1. The lowest BCUT2D eigenvalue weighted by molar-refractivity contribution is -0.131. The van der Waals surface area contributed by atoms with Crippen molar-refractivity contribution in [2.45, 2.75) is 52.0 Å². The molecule has 32 heavy (non-hydrogen) atoms. The number of nitrogens with zero attached hydrogens (tertiary/aromatic N) is 3. The number of amides is 2. The van der Waals surface area contributed by atoms with E-state index in [2.05, 4.69) is 16.7 Å². The molecule has 2 heterocycles. The summed E-state index contributed by atoms with van der Waals surface area (Å²) in [7, 11) is 0. The number of aromatic nitrogens is 2. The van der Waals surface area contributed by atoms with Crippen LogP contribution in [-0.4, -0.2) is 52.7 Å². The molecular weight excluding hydrogens is 402 g/mol. The highest BCUT2D eigenvalue weighted by atomic mass is 16.2. The Morgan fingerprint density at radius 1 is 1.22 bits per heavy atom. The molecule has 170 valence electrons. The minimum Gasteiger partial charge on any atom is -0.355 e. The number of benzene rings is 1. The first-order chi connectivity index (χ1) is 15.5. The third-order valence-electron chi connectivity index (χ3n) is 6.43. The maximum absolute atomic E-state index is 12.9. The molecule has 0 bridgehead atoms. The second kappa shape index (κ2) is 10.1. The first-order valence-electron chi connectivity index (χ1n) is 11.6. The molecule has 2 amide bonds. The molecule has 1 aromatic heterocycles. The van der Waals surface area contributed by atoms with Gasteiger partial charge in [0.05, 0.1) is 17.9 Å². The molecule has 1 aliphatic carbocycles. The number of para-hydroxylation sites is 1. The zero-order chi connectivity index (χ0) is 22.5. The van der Waals surface area contributed by atoms with Crippen molar-refractivity contribution in [1.82, 2.24) is 25.3 Å². The Morgan fingerprint density at radius 2 is 2.03 bits per heavy atom. The molecule has 0 unspecified atom stereocenters. The molecular formula is C25H33N5O2. The summed E-state index contributed by atoms with van der Waals surface area (Å²) in [6.07, 6.45) is 8.05. The predicted octanol–water partition coefficient (Wildman–Crippen LogP) is 2.97. The van der Waals surface area contributed by atoms with Gasteiger partial charge in [0, 0.05) is 30.9 Å². The number of nitrogens with one attached hydrogen (secondary N) is 2. The van der Waals surface area contributed by atoms with E-state index in [0.29, 0.717) is 19.6 Å². The minimum absolute atomic E-state index is 0.0353. The highest BCUT2D eigenvalue weighted by Gasteiger charge is 2.36. The molecule has 7 heteroatoms. The van der Waals surface area contributed by atoms with Gasteiger partial charge < -0.3 is 10.6 Å². The fourth-order valence-corrected chi connectivity index (χ4v) is 4.80. The molecule has 2 N–H and O–H groups in total. The zero-order valence-corrected chi connectivity index (χ0v) is 19.1. The second-order valence-electron chi connectivity index (χ2n) is 8.70. The number of allylic oxidation sites excluding steroid dienone is 1. The van der Waals surface area contributed by atoms with Crippen LogP contribution in [0.1, 0.15) is 55.1 Å². The largest absolute Gasteiger partial charge is 0.355 e. The van der Waals surface area contributed by atoms with Crippen molar-refractivity contribution in [2.75, 3.05) is 26.2 Å². The van der Waals surface area contributed by atoms with Gasteiger partial charge >= 0.3 is 0 Å². The second-order valence-corrected chi connectivity index (χ2v) is 8.70. The molecule has 1 fully saturated rings. The average Bonchev–Trinajstić information content (AvgIpc) is 3.09. The van der Waals surface area contributed by atoms with Crippen molar-refractivity contribution in [3.05, 3.63) is 58.9 Å². The molecule has 1 saturated heterocycles. The number of aryl methyl sites for hydroxylation is 1. The molecule has 2 aromatic rings. The van der Waals surface area contributed by atoms with Crippen molar-refractivity contribution in [3.63, 3.8) is 0 Å². The standard InChI is InChI=1S/C25H33N5O2/c1-18-23(19(2)30(28-18)21-11-7-4-8-12-21)24-25(32)27-15-16-29(24)17-22(31)26-14-13-20-9-5-3-6-10-20/h4,7-9,11-12,24H,3,5-6,10,13-17H2,1-2H3,(H,26,31)(H,27,32)/t24-/m1/s1. The fourth-order valence-electron chi connectivity index (χ4n) is 4.80. The van der Waals surface area contributed by atoms with E-state index in [9.17, 15) is 9.59 Å². The van der Waals surface area contributed by atoms with Gasteiger partial charge in [-0.1, -0.05) is 29.8 Å². The number of hydrogen-bond acceptors (Lipinski definition) is 4. The van der Waals surface area contributed by atoms with Gasteiger partial charge in [-0.2, -0.15) is 5.10 Å². The normalized spacial score (nSPS) is 19.4. The molecule has 0 spiro atoms. The van der Waals surface area contributed by atoms with Crippen LogP contribution in [0.25, 0.3) is 5.69 Å². The monoisotopic (exact) mass is 435 g/mol. The lowest BCUT2D eigenvalue weighted by atomic mass is 9.97. The Morgan fingerprint density at radius 3 is 2.78 bits per heavy atom. The third-order valence-corrected chi connectivity index (χ3v) is 6.43. The average molecular weight is 436 g/mol. The molecule has 0 saturated carbocycles. The van der Waals surface area contributed by atoms with Crippen molar-refractivity contribution in [2.24, 2.45) is 0 Å². The Labute approximate surface area is 189 Å². The molecule has 2 aliphatic rings. The minimum atomic E-state index is -0.520. The van der Waals surface area contributed by atoms with Gasteiger partial charge in [0.1, 0.15) is 6.04 Å². The summed E-state index contributed by atoms with van der Waals surface area (Å²) in [6.45, 7) is 5.94. The van der Waals surface area contributed by atoms with Crippen molar-refractivity contribution < 1.29 is 9.59 Å². The summed E-state index contributed by atoms with van der Waals surface area (Å²) in [5.41, 5.74) is 5.02. The van der Waals surface area contributed by atoms with Crippen molar-refractivity contribution >= 4 is 11.8 Å². The van der Waals surface area contributed by atoms with Crippen LogP contribution in [0.3, 0.4) is 0 Å². The summed E-state index contributed by atoms with van der Waals surface area (Å²) in [5, 5.41) is 10.7. The summed E-state index contributed by atoms with van der Waals surface area (Å²) < 4.78 is 1.88. The number of carbonyl (C=O) groups excluding carboxylic acids is 2. The molecule has 1 aliphatic heterocycles. The summed E-state index contributed by atoms with van der Waals surface area (Å²) in [4.78, 5) is 27.6. The van der Waals surface area contributed by atoms with E-state index >= 15 is 0 Å². The highest BCUT2D eigenvalue weighted by molar-refractivity contribution is 5.86. The third kappa shape index (κ3) is 4.93. The quantitative estimate of drug-likeness (QED) is 0.656. The number of hydrogen-bond donors (Lipinski definition) is 2. The van der Waals surface area contributed by atoms with Crippen LogP contribution >= 0.6 is 0 Å². The van der Waals surface area contributed by atoms with Gasteiger partial charge in [-0.05, 0) is 58.1 Å². The summed E-state index contributed by atoms with van der Waals surface area (Å²) in [5.74, 6) is -0.109. The first-order valence-corrected chi connectivity index (χ1v) is 11.6. The number of piperazine rings is 1. The molecule has 1 atom stereocenters. The van der Waals surface area contributed by atoms with Gasteiger partial charge in [-0.25, -0.2) is 4.68 Å². The van der Waals surface area contributed by atoms with E-state index in [4.69, 9.17) is 5.10 Å². The van der Waals surface area contributed by atoms with Crippen LogP contribution in [-0.2, 0) is 9.59 Å². The summed E-state index contributed by atoms with van der Waals surface area (Å²) in [6, 6.07) is 9.38. The topological polar surface area (TPSA) is 79.3 Å². The maximum Gasteiger partial charge on any atom is 0.242 e. The van der Waals surface area contributed by atoms with Gasteiger partial charge in [0.25, 0.3) is 0 Å². The predicted molar refractivity (Wildman–Crippen MR) is 125 cm³/mol. The van der Waals surface area contributed by atoms with Gasteiger partial charge in [-0.3, -0.25) is 14.5 Å². The fraction of sp³-hybridized carbons (Fsp3) is 0.480. The van der Waals surface area contributed by atoms with Crippen LogP contribution in [0.4, 0.5) is 0 Å². The van der Waals surface area contributed by atoms with Crippen LogP contribution in [0.15, 0.2) is 42.0 Å². The van der Waals surface area contributed by atoms with E-state index in [1.54, 1.807) is 0 Å². The number of rotatable bonds is 7. The molecule has 4 rings (SSSR count). The highest BCUT2D eigenvalue weighted by Crippen LogP contribution is 2.30. The Bertz CT molecular complexity index is 995. The molecule has 0 radical (unpaired) electrons. The Hall–Kier alpha value is -2.93. The van der Waals surface area contributed by atoms with E-state index in [1.807, 2.05) is 53.8 Å². The smallest absolute Gasteiger partial charge is 0.242 e. The molecule has 7 nitrogen and oxygen atoms in total. The maximum atomic E-state index is 12.9. The van der Waals surface area contributed by atoms with E-state index in [0.717, 1.165) is 41.9 Å². The van der Waals surface area contributed by atoms with Crippen LogP contribution < -0.4 is 10.6 Å².